The van der Waals surface area contributed by atoms with E-state index in [0.29, 0.717) is 22.2 Å². The van der Waals surface area contributed by atoms with Crippen LogP contribution in [0.15, 0.2) is 23.2 Å². The highest BCUT2D eigenvalue weighted by Gasteiger charge is 2.23. The van der Waals surface area contributed by atoms with Crippen molar-refractivity contribution in [3.05, 3.63) is 34.9 Å². The number of anilines is 1. The van der Waals surface area contributed by atoms with E-state index in [0.717, 1.165) is 0 Å². The fourth-order valence-electron chi connectivity index (χ4n) is 1.79. The number of sulfonamides is 1. The topological polar surface area (TPSA) is 76.9 Å². The van der Waals surface area contributed by atoms with Gasteiger partial charge in [0.15, 0.2) is 0 Å². The van der Waals surface area contributed by atoms with Crippen molar-refractivity contribution in [1.29, 1.82) is 0 Å². The molecule has 0 saturated carbocycles. The molecule has 0 aliphatic rings. The number of pyridine rings is 1. The van der Waals surface area contributed by atoms with Gasteiger partial charge in [0.05, 0.1) is 23.3 Å². The molecule has 1 N–H and O–H groups in total. The van der Waals surface area contributed by atoms with Gasteiger partial charge in [0, 0.05) is 7.05 Å². The normalized spacial score (nSPS) is 11.6. The molecule has 0 spiro atoms. The lowest BCUT2D eigenvalue weighted by Crippen LogP contribution is -2.15. The van der Waals surface area contributed by atoms with Gasteiger partial charge >= 0.3 is 0 Å². The molecule has 0 bridgehead atoms. The molecule has 0 atom stereocenters. The highest BCUT2D eigenvalue weighted by Crippen LogP contribution is 2.22. The number of aromatic nitrogens is 3. The second-order valence-corrected chi connectivity index (χ2v) is 6.11. The lowest BCUT2D eigenvalue weighted by molar-refractivity contribution is 0.599. The van der Waals surface area contributed by atoms with Crippen LogP contribution in [0.25, 0.3) is 0 Å². The van der Waals surface area contributed by atoms with Gasteiger partial charge in [-0.3, -0.25) is 9.40 Å². The van der Waals surface area contributed by atoms with E-state index >= 15 is 0 Å². The Kier molecular flexibility index (Phi) is 3.51. The molecule has 0 fully saturated rings. The minimum Gasteiger partial charge on any atom is -0.278 e. The molecule has 2 aromatic heterocycles. The van der Waals surface area contributed by atoms with E-state index in [9.17, 15) is 8.42 Å². The predicted molar refractivity (Wildman–Crippen MR) is 72.7 cm³/mol. The maximum absolute atomic E-state index is 12.3. The number of nitrogens with one attached hydrogen (secondary N) is 1. The standard InChI is InChI=1S/C11H13ClN4O2S/c1-7-11(8(2)16(3)14-7)19(17,18)15-9-4-5-10(12)13-6-9/h4-6,15H,1-3H3. The van der Waals surface area contributed by atoms with Gasteiger partial charge < -0.3 is 0 Å². The number of halogens is 1. The average molecular weight is 301 g/mol. The van der Waals surface area contributed by atoms with Crippen molar-refractivity contribution in [2.45, 2.75) is 18.7 Å². The van der Waals surface area contributed by atoms with Crippen LogP contribution >= 0.6 is 11.6 Å². The zero-order chi connectivity index (χ0) is 14.2. The van der Waals surface area contributed by atoms with Crippen molar-refractivity contribution >= 4 is 27.3 Å². The third kappa shape index (κ3) is 2.71. The van der Waals surface area contributed by atoms with Crippen molar-refractivity contribution in [3.63, 3.8) is 0 Å². The van der Waals surface area contributed by atoms with Crippen molar-refractivity contribution in [1.82, 2.24) is 14.8 Å². The van der Waals surface area contributed by atoms with Gasteiger partial charge in [-0.25, -0.2) is 13.4 Å². The molecule has 2 rings (SSSR count). The first kappa shape index (κ1) is 13.8. The molecule has 0 aliphatic carbocycles. The maximum atomic E-state index is 12.3. The first-order chi connectivity index (χ1) is 8.81. The monoisotopic (exact) mass is 300 g/mol. The SMILES string of the molecule is Cc1nn(C)c(C)c1S(=O)(=O)Nc1ccc(Cl)nc1. The molecule has 102 valence electrons. The minimum absolute atomic E-state index is 0.185. The van der Waals surface area contributed by atoms with Crippen LogP contribution < -0.4 is 4.72 Å². The molecule has 0 saturated heterocycles. The molecular formula is C11H13ClN4O2S. The van der Waals surface area contributed by atoms with Crippen molar-refractivity contribution in [2.24, 2.45) is 7.05 Å². The van der Waals surface area contributed by atoms with Crippen molar-refractivity contribution < 1.29 is 8.42 Å². The Morgan fingerprint density at radius 1 is 1.32 bits per heavy atom. The van der Waals surface area contributed by atoms with E-state index < -0.39 is 10.0 Å². The summed E-state index contributed by atoms with van der Waals surface area (Å²) in [6, 6.07) is 3.07. The summed E-state index contributed by atoms with van der Waals surface area (Å²) in [6.45, 7) is 3.36. The maximum Gasteiger partial charge on any atom is 0.265 e. The first-order valence-electron chi connectivity index (χ1n) is 5.46. The Morgan fingerprint density at radius 2 is 2.00 bits per heavy atom. The summed E-state index contributed by atoms with van der Waals surface area (Å²) in [5.41, 5.74) is 1.38. The van der Waals surface area contributed by atoms with Crippen LogP contribution in [0.4, 0.5) is 5.69 Å². The summed E-state index contributed by atoms with van der Waals surface area (Å²) >= 11 is 5.65. The molecule has 0 amide bonds. The highest BCUT2D eigenvalue weighted by atomic mass is 35.5. The van der Waals surface area contributed by atoms with E-state index in [1.807, 2.05) is 0 Å². The van der Waals surface area contributed by atoms with Crippen LogP contribution in [0.2, 0.25) is 5.15 Å². The number of hydrogen-bond donors (Lipinski definition) is 1. The lowest BCUT2D eigenvalue weighted by atomic mass is 10.4. The van der Waals surface area contributed by atoms with Crippen molar-refractivity contribution in [2.75, 3.05) is 4.72 Å². The third-order valence-corrected chi connectivity index (χ3v) is 4.55. The van der Waals surface area contributed by atoms with Crippen molar-refractivity contribution in [3.8, 4) is 0 Å². The minimum atomic E-state index is -3.68. The number of aryl methyl sites for hydroxylation is 2. The zero-order valence-corrected chi connectivity index (χ0v) is 12.2. The molecule has 0 radical (unpaired) electrons. The summed E-state index contributed by atoms with van der Waals surface area (Å²) in [6.07, 6.45) is 1.36. The number of rotatable bonds is 3. The fraction of sp³-hybridized carbons (Fsp3) is 0.273. The van der Waals surface area contributed by atoms with Crippen LogP contribution in [-0.4, -0.2) is 23.2 Å². The van der Waals surface area contributed by atoms with Crippen LogP contribution in [0.3, 0.4) is 0 Å². The third-order valence-electron chi connectivity index (χ3n) is 2.69. The Labute approximate surface area is 116 Å². The molecule has 8 heteroatoms. The smallest absolute Gasteiger partial charge is 0.265 e. The number of nitrogens with zero attached hydrogens (tertiary/aromatic N) is 3. The van der Waals surface area contributed by atoms with Gasteiger partial charge in [-0.05, 0) is 26.0 Å². The van der Waals surface area contributed by atoms with Gasteiger partial charge in [0.1, 0.15) is 10.0 Å². The molecule has 0 aromatic carbocycles. The average Bonchev–Trinajstić information content (AvgIpc) is 2.56. The quantitative estimate of drug-likeness (QED) is 0.878. The Bertz CT molecular complexity index is 707. The Balaban J connectivity index is 2.40. The van der Waals surface area contributed by atoms with E-state index in [2.05, 4.69) is 14.8 Å². The van der Waals surface area contributed by atoms with E-state index in [-0.39, 0.29) is 4.90 Å². The summed E-state index contributed by atoms with van der Waals surface area (Å²) in [5.74, 6) is 0. The second-order valence-electron chi connectivity index (χ2n) is 4.10. The largest absolute Gasteiger partial charge is 0.278 e. The van der Waals surface area contributed by atoms with E-state index in [1.54, 1.807) is 27.0 Å². The molecule has 2 heterocycles. The molecule has 6 nitrogen and oxygen atoms in total. The fourth-order valence-corrected chi connectivity index (χ4v) is 3.38. The second kappa shape index (κ2) is 4.82. The van der Waals surface area contributed by atoms with Gasteiger partial charge in [-0.15, -0.1) is 0 Å². The predicted octanol–water partition coefficient (Wildman–Crippen LogP) is 1.89. The lowest BCUT2D eigenvalue weighted by Gasteiger charge is -2.08. The first-order valence-corrected chi connectivity index (χ1v) is 7.32. The number of hydrogen-bond acceptors (Lipinski definition) is 4. The molecule has 19 heavy (non-hydrogen) atoms. The Hall–Kier alpha value is -1.60. The van der Waals surface area contributed by atoms with Gasteiger partial charge in [0.25, 0.3) is 10.0 Å². The van der Waals surface area contributed by atoms with Crippen LogP contribution in [0.5, 0.6) is 0 Å². The molecule has 0 unspecified atom stereocenters. The van der Waals surface area contributed by atoms with Crippen LogP contribution in [0.1, 0.15) is 11.4 Å². The summed E-state index contributed by atoms with van der Waals surface area (Å²) in [4.78, 5) is 4.01. The summed E-state index contributed by atoms with van der Waals surface area (Å²) in [5, 5.41) is 4.40. The van der Waals surface area contributed by atoms with E-state index in [1.165, 1.54) is 16.9 Å². The zero-order valence-electron chi connectivity index (χ0n) is 10.7. The molecule has 2 aromatic rings. The summed E-state index contributed by atoms with van der Waals surface area (Å²) < 4.78 is 28.6. The molecular weight excluding hydrogens is 288 g/mol. The van der Waals surface area contributed by atoms with Gasteiger partial charge in [-0.1, -0.05) is 11.6 Å². The van der Waals surface area contributed by atoms with E-state index in [4.69, 9.17) is 11.6 Å². The van der Waals surface area contributed by atoms with Gasteiger partial charge in [0.2, 0.25) is 0 Å². The highest BCUT2D eigenvalue weighted by molar-refractivity contribution is 7.92. The van der Waals surface area contributed by atoms with Crippen LogP contribution in [-0.2, 0) is 17.1 Å². The molecule has 0 aliphatic heterocycles. The van der Waals surface area contributed by atoms with Crippen LogP contribution in [0, 0.1) is 13.8 Å². The summed E-state index contributed by atoms with van der Waals surface area (Å²) in [7, 11) is -1.98. The Morgan fingerprint density at radius 3 is 2.47 bits per heavy atom. The van der Waals surface area contributed by atoms with Gasteiger partial charge in [-0.2, -0.15) is 5.10 Å².